The van der Waals surface area contributed by atoms with Gasteiger partial charge in [-0.3, -0.25) is 0 Å². The van der Waals surface area contributed by atoms with Gasteiger partial charge in [0.15, 0.2) is 5.82 Å². The number of rotatable bonds is 4. The first-order valence-electron chi connectivity index (χ1n) is 6.05. The van der Waals surface area contributed by atoms with E-state index in [-0.39, 0.29) is 0 Å². The fraction of sp³-hybridized carbons (Fsp3) is 0.385. The standard InChI is InChI=1S/C13H14ClN3O/c1-8-3-2-4-10(12(8)14)13-16-11(17-18-13)7-15-9-5-6-9/h2-4,9,15H,5-7H2,1H3. The lowest BCUT2D eigenvalue weighted by atomic mass is 10.1. The summed E-state index contributed by atoms with van der Waals surface area (Å²) in [7, 11) is 0. The van der Waals surface area contributed by atoms with Gasteiger partial charge in [0.25, 0.3) is 5.89 Å². The van der Waals surface area contributed by atoms with E-state index < -0.39 is 0 Å². The molecule has 0 spiro atoms. The fourth-order valence-corrected chi connectivity index (χ4v) is 1.98. The minimum Gasteiger partial charge on any atom is -0.334 e. The number of nitrogens with one attached hydrogen (secondary N) is 1. The number of halogens is 1. The summed E-state index contributed by atoms with van der Waals surface area (Å²) in [4.78, 5) is 4.36. The van der Waals surface area contributed by atoms with Crippen LogP contribution >= 0.6 is 11.6 Å². The third kappa shape index (κ3) is 2.40. The number of aryl methyl sites for hydroxylation is 1. The summed E-state index contributed by atoms with van der Waals surface area (Å²) in [5.41, 5.74) is 1.80. The highest BCUT2D eigenvalue weighted by atomic mass is 35.5. The minimum atomic E-state index is 0.483. The van der Waals surface area contributed by atoms with Crippen LogP contribution < -0.4 is 5.32 Å². The van der Waals surface area contributed by atoms with Crippen LogP contribution in [0, 0.1) is 6.92 Å². The maximum atomic E-state index is 6.23. The molecule has 1 aromatic heterocycles. The molecule has 18 heavy (non-hydrogen) atoms. The van der Waals surface area contributed by atoms with Crippen molar-refractivity contribution >= 4 is 11.6 Å². The van der Waals surface area contributed by atoms with E-state index >= 15 is 0 Å². The molecule has 0 saturated heterocycles. The summed E-state index contributed by atoms with van der Waals surface area (Å²) < 4.78 is 5.25. The maximum absolute atomic E-state index is 6.23. The van der Waals surface area contributed by atoms with Crippen LogP contribution in [0.25, 0.3) is 11.5 Å². The van der Waals surface area contributed by atoms with Gasteiger partial charge in [-0.25, -0.2) is 0 Å². The summed E-state index contributed by atoms with van der Waals surface area (Å²) in [5.74, 6) is 1.16. The van der Waals surface area contributed by atoms with E-state index in [1.165, 1.54) is 12.8 Å². The van der Waals surface area contributed by atoms with Crippen molar-refractivity contribution in [3.05, 3.63) is 34.6 Å². The molecule has 1 heterocycles. The Morgan fingerprint density at radius 3 is 3.06 bits per heavy atom. The van der Waals surface area contributed by atoms with Gasteiger partial charge in [0, 0.05) is 6.04 Å². The lowest BCUT2D eigenvalue weighted by Gasteiger charge is -2.01. The molecule has 1 aliphatic carbocycles. The number of hydrogen-bond acceptors (Lipinski definition) is 4. The molecule has 2 aromatic rings. The molecule has 1 fully saturated rings. The van der Waals surface area contributed by atoms with Crippen LogP contribution in [0.2, 0.25) is 5.02 Å². The highest BCUT2D eigenvalue weighted by Crippen LogP contribution is 2.29. The van der Waals surface area contributed by atoms with Gasteiger partial charge in [-0.1, -0.05) is 28.9 Å². The molecule has 3 rings (SSSR count). The van der Waals surface area contributed by atoms with Gasteiger partial charge < -0.3 is 9.84 Å². The Bertz CT molecular complexity index is 563. The average molecular weight is 264 g/mol. The molecule has 5 heteroatoms. The van der Waals surface area contributed by atoms with Crippen LogP contribution in [0.5, 0.6) is 0 Å². The Labute approximate surface area is 110 Å². The van der Waals surface area contributed by atoms with E-state index in [9.17, 15) is 0 Å². The molecule has 1 saturated carbocycles. The molecule has 0 bridgehead atoms. The van der Waals surface area contributed by atoms with Crippen molar-refractivity contribution in [2.45, 2.75) is 32.4 Å². The van der Waals surface area contributed by atoms with Crippen molar-refractivity contribution in [1.82, 2.24) is 15.5 Å². The molecular formula is C13H14ClN3O. The van der Waals surface area contributed by atoms with Crippen LogP contribution in [0.3, 0.4) is 0 Å². The van der Waals surface area contributed by atoms with Crippen LogP contribution in [-0.4, -0.2) is 16.2 Å². The molecule has 1 N–H and O–H groups in total. The number of nitrogens with zero attached hydrogens (tertiary/aromatic N) is 2. The predicted octanol–water partition coefficient (Wildman–Crippen LogP) is 2.95. The molecular weight excluding hydrogens is 250 g/mol. The van der Waals surface area contributed by atoms with E-state index in [0.29, 0.717) is 29.3 Å². The molecule has 0 unspecified atom stereocenters. The van der Waals surface area contributed by atoms with Crippen LogP contribution in [0.4, 0.5) is 0 Å². The monoisotopic (exact) mass is 263 g/mol. The minimum absolute atomic E-state index is 0.483. The van der Waals surface area contributed by atoms with Crippen molar-refractivity contribution in [3.63, 3.8) is 0 Å². The zero-order valence-electron chi connectivity index (χ0n) is 10.1. The van der Waals surface area contributed by atoms with E-state index in [4.69, 9.17) is 16.1 Å². The van der Waals surface area contributed by atoms with Crippen molar-refractivity contribution in [1.29, 1.82) is 0 Å². The van der Waals surface area contributed by atoms with Gasteiger partial charge in [0.05, 0.1) is 17.1 Å². The third-order valence-electron chi connectivity index (χ3n) is 3.02. The van der Waals surface area contributed by atoms with Gasteiger partial charge in [0.2, 0.25) is 0 Å². The van der Waals surface area contributed by atoms with Gasteiger partial charge in [-0.05, 0) is 31.4 Å². The normalized spacial score (nSPS) is 15.0. The van der Waals surface area contributed by atoms with Crippen molar-refractivity contribution in [2.24, 2.45) is 0 Å². The van der Waals surface area contributed by atoms with Crippen molar-refractivity contribution in [2.75, 3.05) is 0 Å². The predicted molar refractivity (Wildman–Crippen MR) is 69.3 cm³/mol. The first kappa shape index (κ1) is 11.7. The van der Waals surface area contributed by atoms with E-state index in [0.717, 1.165) is 11.1 Å². The molecule has 0 atom stereocenters. The largest absolute Gasteiger partial charge is 0.334 e. The topological polar surface area (TPSA) is 51.0 Å². The average Bonchev–Trinajstić information content (AvgIpc) is 3.08. The second-order valence-electron chi connectivity index (χ2n) is 4.61. The van der Waals surface area contributed by atoms with Crippen molar-refractivity contribution < 1.29 is 4.52 Å². The Balaban J connectivity index is 1.80. The summed E-state index contributed by atoms with van der Waals surface area (Å²) in [6.45, 7) is 2.61. The zero-order valence-corrected chi connectivity index (χ0v) is 10.9. The quantitative estimate of drug-likeness (QED) is 0.921. The smallest absolute Gasteiger partial charge is 0.259 e. The highest BCUT2D eigenvalue weighted by molar-refractivity contribution is 6.33. The Morgan fingerprint density at radius 2 is 2.28 bits per heavy atom. The number of hydrogen-bond donors (Lipinski definition) is 1. The van der Waals surface area contributed by atoms with Crippen molar-refractivity contribution in [3.8, 4) is 11.5 Å². The number of benzene rings is 1. The molecule has 4 nitrogen and oxygen atoms in total. The summed E-state index contributed by atoms with van der Waals surface area (Å²) >= 11 is 6.23. The first-order valence-corrected chi connectivity index (χ1v) is 6.43. The van der Waals surface area contributed by atoms with Gasteiger partial charge in [-0.2, -0.15) is 4.98 Å². The zero-order chi connectivity index (χ0) is 12.5. The van der Waals surface area contributed by atoms with E-state index in [1.807, 2.05) is 25.1 Å². The van der Waals surface area contributed by atoms with Gasteiger partial charge >= 0.3 is 0 Å². The van der Waals surface area contributed by atoms with Crippen LogP contribution in [-0.2, 0) is 6.54 Å². The maximum Gasteiger partial charge on any atom is 0.259 e. The molecule has 0 amide bonds. The molecule has 1 aromatic carbocycles. The fourth-order valence-electron chi connectivity index (χ4n) is 1.77. The molecule has 1 aliphatic rings. The van der Waals surface area contributed by atoms with Crippen LogP contribution in [0.15, 0.2) is 22.7 Å². The second kappa shape index (κ2) is 4.71. The second-order valence-corrected chi connectivity index (χ2v) is 4.99. The summed E-state index contributed by atoms with van der Waals surface area (Å²) in [6, 6.07) is 6.41. The third-order valence-corrected chi connectivity index (χ3v) is 3.52. The highest BCUT2D eigenvalue weighted by Gasteiger charge is 2.21. The van der Waals surface area contributed by atoms with Gasteiger partial charge in [0.1, 0.15) is 0 Å². The summed E-state index contributed by atoms with van der Waals surface area (Å²) in [6.07, 6.45) is 2.49. The lowest BCUT2D eigenvalue weighted by molar-refractivity contribution is 0.419. The lowest BCUT2D eigenvalue weighted by Crippen LogP contribution is -2.16. The van der Waals surface area contributed by atoms with Gasteiger partial charge in [-0.15, -0.1) is 0 Å². The Morgan fingerprint density at radius 1 is 1.44 bits per heavy atom. The number of aromatic nitrogens is 2. The molecule has 0 aliphatic heterocycles. The van der Waals surface area contributed by atoms with E-state index in [2.05, 4.69) is 15.5 Å². The summed E-state index contributed by atoms with van der Waals surface area (Å²) in [5, 5.41) is 7.97. The van der Waals surface area contributed by atoms with E-state index in [1.54, 1.807) is 0 Å². The first-order chi connectivity index (χ1) is 8.74. The van der Waals surface area contributed by atoms with Crippen LogP contribution in [0.1, 0.15) is 24.2 Å². The Kier molecular flexibility index (Phi) is 3.06. The molecule has 0 radical (unpaired) electrons. The molecule has 94 valence electrons. The Hall–Kier alpha value is -1.39. The SMILES string of the molecule is Cc1cccc(-c2nc(CNC3CC3)no2)c1Cl.